The Kier molecular flexibility index (Phi) is 3.49. The van der Waals surface area contributed by atoms with Crippen LogP contribution in [0, 0.1) is 0 Å². The molecular formula is C11H11BrN2S. The lowest BCUT2D eigenvalue weighted by Gasteiger charge is -1.99. The van der Waals surface area contributed by atoms with Gasteiger partial charge in [0.15, 0.2) is 0 Å². The van der Waals surface area contributed by atoms with Gasteiger partial charge >= 0.3 is 0 Å². The van der Waals surface area contributed by atoms with E-state index in [0.717, 1.165) is 28.6 Å². The van der Waals surface area contributed by atoms with Crippen LogP contribution in [0.15, 0.2) is 28.7 Å². The van der Waals surface area contributed by atoms with Crippen LogP contribution in [-0.2, 0) is 6.42 Å². The Labute approximate surface area is 102 Å². The highest BCUT2D eigenvalue weighted by molar-refractivity contribution is 9.10. The minimum Gasteiger partial charge on any atom is -0.138 e. The summed E-state index contributed by atoms with van der Waals surface area (Å²) >= 11 is 4.92. The number of hydrogen-bond acceptors (Lipinski definition) is 3. The Bertz CT molecular complexity index is 436. The summed E-state index contributed by atoms with van der Waals surface area (Å²) in [6.07, 6.45) is 2.19. The number of aryl methyl sites for hydroxylation is 1. The SMILES string of the molecule is CCCc1snnc1-c1ccc(Br)cc1. The van der Waals surface area contributed by atoms with Gasteiger partial charge in [-0.2, -0.15) is 0 Å². The van der Waals surface area contributed by atoms with Crippen LogP contribution in [0.4, 0.5) is 0 Å². The third-order valence-corrected chi connectivity index (χ3v) is 3.46. The summed E-state index contributed by atoms with van der Waals surface area (Å²) in [6.45, 7) is 2.17. The topological polar surface area (TPSA) is 25.8 Å². The predicted molar refractivity (Wildman–Crippen MR) is 67.0 cm³/mol. The van der Waals surface area contributed by atoms with Crippen molar-refractivity contribution in [3.05, 3.63) is 33.6 Å². The second-order valence-electron chi connectivity index (χ2n) is 3.30. The fraction of sp³-hybridized carbons (Fsp3) is 0.273. The fourth-order valence-corrected chi connectivity index (χ4v) is 2.45. The standard InChI is InChI=1S/C11H11BrN2S/c1-2-3-10-11(13-14-15-10)8-4-6-9(12)7-5-8/h4-7H,2-3H2,1H3. The van der Waals surface area contributed by atoms with Crippen LogP contribution in [0.3, 0.4) is 0 Å². The Morgan fingerprint density at radius 2 is 2.00 bits per heavy atom. The molecule has 0 aliphatic carbocycles. The van der Waals surface area contributed by atoms with Gasteiger partial charge in [-0.1, -0.05) is 45.9 Å². The molecule has 0 spiro atoms. The third-order valence-electron chi connectivity index (χ3n) is 2.15. The van der Waals surface area contributed by atoms with Crippen molar-refractivity contribution in [2.45, 2.75) is 19.8 Å². The zero-order valence-corrected chi connectivity index (χ0v) is 10.8. The van der Waals surface area contributed by atoms with Gasteiger partial charge < -0.3 is 0 Å². The fourth-order valence-electron chi connectivity index (χ4n) is 1.43. The maximum atomic E-state index is 4.19. The van der Waals surface area contributed by atoms with Gasteiger partial charge in [-0.25, -0.2) is 0 Å². The summed E-state index contributed by atoms with van der Waals surface area (Å²) in [7, 11) is 0. The molecule has 0 unspecified atom stereocenters. The van der Waals surface area contributed by atoms with Gasteiger partial charge in [-0.15, -0.1) is 5.10 Å². The average molecular weight is 283 g/mol. The van der Waals surface area contributed by atoms with Crippen LogP contribution >= 0.6 is 27.5 Å². The molecule has 0 bridgehead atoms. The Balaban J connectivity index is 2.36. The van der Waals surface area contributed by atoms with Crippen molar-refractivity contribution in [2.75, 3.05) is 0 Å². The minimum atomic E-state index is 1.04. The van der Waals surface area contributed by atoms with Gasteiger partial charge in [0.25, 0.3) is 0 Å². The third kappa shape index (κ3) is 2.44. The van der Waals surface area contributed by atoms with Crippen molar-refractivity contribution in [1.29, 1.82) is 0 Å². The van der Waals surface area contributed by atoms with Crippen molar-refractivity contribution in [3.63, 3.8) is 0 Å². The Morgan fingerprint density at radius 3 is 2.67 bits per heavy atom. The molecule has 4 heteroatoms. The molecule has 0 aliphatic heterocycles. The second-order valence-corrected chi connectivity index (χ2v) is 5.06. The van der Waals surface area contributed by atoms with Gasteiger partial charge in [-0.05, 0) is 30.1 Å². The first-order valence-electron chi connectivity index (χ1n) is 4.88. The average Bonchev–Trinajstić information content (AvgIpc) is 2.68. The minimum absolute atomic E-state index is 1.04. The van der Waals surface area contributed by atoms with Gasteiger partial charge in [0.2, 0.25) is 0 Å². The van der Waals surface area contributed by atoms with E-state index in [1.54, 1.807) is 0 Å². The molecule has 15 heavy (non-hydrogen) atoms. The largest absolute Gasteiger partial charge is 0.138 e. The zero-order chi connectivity index (χ0) is 10.7. The summed E-state index contributed by atoms with van der Waals surface area (Å²) in [6, 6.07) is 8.20. The number of hydrogen-bond donors (Lipinski definition) is 0. The van der Waals surface area contributed by atoms with E-state index in [9.17, 15) is 0 Å². The van der Waals surface area contributed by atoms with Crippen LogP contribution in [0.1, 0.15) is 18.2 Å². The number of nitrogens with zero attached hydrogens (tertiary/aromatic N) is 2. The van der Waals surface area contributed by atoms with Crippen molar-refractivity contribution in [2.24, 2.45) is 0 Å². The molecule has 2 rings (SSSR count). The number of halogens is 1. The normalized spacial score (nSPS) is 10.5. The molecule has 2 nitrogen and oxygen atoms in total. The molecule has 0 aliphatic rings. The molecule has 0 saturated carbocycles. The Morgan fingerprint density at radius 1 is 1.27 bits per heavy atom. The first kappa shape index (κ1) is 10.8. The summed E-state index contributed by atoms with van der Waals surface area (Å²) in [4.78, 5) is 1.28. The molecule has 0 atom stereocenters. The van der Waals surface area contributed by atoms with Crippen molar-refractivity contribution < 1.29 is 0 Å². The lowest BCUT2D eigenvalue weighted by molar-refractivity contribution is 0.937. The van der Waals surface area contributed by atoms with Gasteiger partial charge in [-0.3, -0.25) is 0 Å². The number of rotatable bonds is 3. The van der Waals surface area contributed by atoms with Crippen molar-refractivity contribution in [1.82, 2.24) is 9.59 Å². The van der Waals surface area contributed by atoms with Crippen LogP contribution in [0.2, 0.25) is 0 Å². The molecule has 1 heterocycles. The smallest absolute Gasteiger partial charge is 0.109 e. The van der Waals surface area contributed by atoms with Crippen LogP contribution in [0.5, 0.6) is 0 Å². The maximum absolute atomic E-state index is 4.19. The molecule has 0 radical (unpaired) electrons. The highest BCUT2D eigenvalue weighted by Crippen LogP contribution is 2.26. The summed E-state index contributed by atoms with van der Waals surface area (Å²) in [5.74, 6) is 0. The molecule has 0 fully saturated rings. The number of aromatic nitrogens is 2. The monoisotopic (exact) mass is 282 g/mol. The molecule has 0 N–H and O–H groups in total. The number of benzene rings is 1. The first-order chi connectivity index (χ1) is 7.31. The van der Waals surface area contributed by atoms with Crippen molar-refractivity contribution >= 4 is 27.5 Å². The van der Waals surface area contributed by atoms with Gasteiger partial charge in [0, 0.05) is 10.0 Å². The summed E-state index contributed by atoms with van der Waals surface area (Å²) in [5, 5.41) is 4.19. The second kappa shape index (κ2) is 4.86. The zero-order valence-electron chi connectivity index (χ0n) is 8.40. The molecule has 0 amide bonds. The van der Waals surface area contributed by atoms with Gasteiger partial charge in [0.05, 0.1) is 4.88 Å². The van der Waals surface area contributed by atoms with E-state index in [2.05, 4.69) is 44.6 Å². The quantitative estimate of drug-likeness (QED) is 0.853. The predicted octanol–water partition coefficient (Wildman–Crippen LogP) is 3.92. The molecule has 2 aromatic rings. The lowest BCUT2D eigenvalue weighted by atomic mass is 10.1. The van der Waals surface area contributed by atoms with E-state index < -0.39 is 0 Å². The van der Waals surface area contributed by atoms with Gasteiger partial charge in [0.1, 0.15) is 5.69 Å². The molecular weight excluding hydrogens is 272 g/mol. The van der Waals surface area contributed by atoms with Crippen LogP contribution in [0.25, 0.3) is 11.3 Å². The van der Waals surface area contributed by atoms with Crippen LogP contribution < -0.4 is 0 Å². The summed E-state index contributed by atoms with van der Waals surface area (Å²) < 4.78 is 5.11. The highest BCUT2D eigenvalue weighted by atomic mass is 79.9. The molecule has 0 saturated heterocycles. The van der Waals surface area contributed by atoms with E-state index in [-0.39, 0.29) is 0 Å². The maximum Gasteiger partial charge on any atom is 0.109 e. The highest BCUT2D eigenvalue weighted by Gasteiger charge is 2.08. The van der Waals surface area contributed by atoms with E-state index in [0.29, 0.717) is 0 Å². The van der Waals surface area contributed by atoms with E-state index in [1.165, 1.54) is 16.4 Å². The lowest BCUT2D eigenvalue weighted by Crippen LogP contribution is -1.85. The van der Waals surface area contributed by atoms with E-state index >= 15 is 0 Å². The van der Waals surface area contributed by atoms with E-state index in [4.69, 9.17) is 0 Å². The summed E-state index contributed by atoms with van der Waals surface area (Å²) in [5.41, 5.74) is 2.18. The van der Waals surface area contributed by atoms with E-state index in [1.807, 2.05) is 12.1 Å². The van der Waals surface area contributed by atoms with Crippen LogP contribution in [-0.4, -0.2) is 9.59 Å². The van der Waals surface area contributed by atoms with Crippen molar-refractivity contribution in [3.8, 4) is 11.3 Å². The molecule has 78 valence electrons. The Hall–Kier alpha value is -0.740. The first-order valence-corrected chi connectivity index (χ1v) is 6.45. The molecule has 1 aromatic heterocycles. The molecule has 1 aromatic carbocycles.